The molecule has 3 atom stereocenters. The highest BCUT2D eigenvalue weighted by molar-refractivity contribution is 5.89. The number of nitrogens with zero attached hydrogens (tertiary/aromatic N) is 1. The van der Waals surface area contributed by atoms with Crippen LogP contribution >= 0.6 is 0 Å². The van der Waals surface area contributed by atoms with Crippen molar-refractivity contribution in [2.24, 2.45) is 0 Å². The maximum atomic E-state index is 11.9. The number of carbonyl (C=O) groups is 1. The van der Waals surface area contributed by atoms with E-state index < -0.39 is 0 Å². The van der Waals surface area contributed by atoms with Crippen LogP contribution in [0.15, 0.2) is 48.5 Å². The molecular formula is C25H31NO4. The first-order valence-electron chi connectivity index (χ1n) is 10.8. The summed E-state index contributed by atoms with van der Waals surface area (Å²) in [5.74, 6) is 0.583. The van der Waals surface area contributed by atoms with Gasteiger partial charge in [0.05, 0.1) is 25.9 Å². The van der Waals surface area contributed by atoms with Crippen LogP contribution in [0, 0.1) is 0 Å². The Labute approximate surface area is 178 Å². The van der Waals surface area contributed by atoms with Gasteiger partial charge in [-0.15, -0.1) is 0 Å². The van der Waals surface area contributed by atoms with E-state index in [0.717, 1.165) is 38.2 Å². The Bertz CT molecular complexity index is 864. The van der Waals surface area contributed by atoms with Crippen molar-refractivity contribution in [2.45, 2.75) is 56.8 Å². The molecule has 2 fully saturated rings. The van der Waals surface area contributed by atoms with Crippen LogP contribution in [-0.2, 0) is 21.6 Å². The summed E-state index contributed by atoms with van der Waals surface area (Å²) in [5.41, 5.74) is 3.06. The predicted octanol–water partition coefficient (Wildman–Crippen LogP) is 4.54. The summed E-state index contributed by atoms with van der Waals surface area (Å²) in [6.45, 7) is 3.71. The second-order valence-corrected chi connectivity index (χ2v) is 8.29. The van der Waals surface area contributed by atoms with E-state index in [2.05, 4.69) is 36.1 Å². The number of methoxy groups -OCH3 is 2. The van der Waals surface area contributed by atoms with E-state index in [1.807, 2.05) is 24.3 Å². The lowest BCUT2D eigenvalue weighted by atomic mass is 9.79. The summed E-state index contributed by atoms with van der Waals surface area (Å²) in [5, 5.41) is 0. The number of benzene rings is 2. The Hall–Kier alpha value is -2.37. The third-order valence-corrected chi connectivity index (χ3v) is 6.74. The van der Waals surface area contributed by atoms with Crippen molar-refractivity contribution >= 4 is 5.97 Å². The van der Waals surface area contributed by atoms with Gasteiger partial charge in [0.1, 0.15) is 5.75 Å². The van der Waals surface area contributed by atoms with Crippen LogP contribution in [0.3, 0.4) is 0 Å². The smallest absolute Gasteiger partial charge is 0.337 e. The number of fused-ring (bicyclic) bond motifs is 2. The highest BCUT2D eigenvalue weighted by atomic mass is 16.5. The number of esters is 1. The molecular weight excluding hydrogens is 378 g/mol. The Morgan fingerprint density at radius 1 is 1.10 bits per heavy atom. The second kappa shape index (κ2) is 8.78. The molecule has 2 aliphatic rings. The van der Waals surface area contributed by atoms with E-state index in [9.17, 15) is 4.79 Å². The molecule has 160 valence electrons. The molecule has 2 aliphatic heterocycles. The minimum absolute atomic E-state index is 0.0721. The Morgan fingerprint density at radius 2 is 1.83 bits per heavy atom. The van der Waals surface area contributed by atoms with Crippen LogP contribution in [0.25, 0.3) is 0 Å². The fourth-order valence-electron chi connectivity index (χ4n) is 5.32. The SMILES string of the molecule is CCO[C@H]1C[C@H]2CC[C@@](c3ccc(C(=O)OC)cc3)(C1)N2Cc1ccc(OC)cc1. The van der Waals surface area contributed by atoms with Crippen molar-refractivity contribution in [3.8, 4) is 5.75 Å². The minimum atomic E-state index is -0.297. The van der Waals surface area contributed by atoms with Crippen molar-refractivity contribution in [3.05, 3.63) is 65.2 Å². The van der Waals surface area contributed by atoms with Crippen LogP contribution in [0.4, 0.5) is 0 Å². The molecule has 4 rings (SSSR count). The fraction of sp³-hybridized carbons (Fsp3) is 0.480. The first-order valence-corrected chi connectivity index (χ1v) is 10.8. The average Bonchev–Trinajstić information content (AvgIpc) is 2.99. The third-order valence-electron chi connectivity index (χ3n) is 6.74. The van der Waals surface area contributed by atoms with Gasteiger partial charge in [0, 0.05) is 24.7 Å². The molecule has 0 saturated carbocycles. The standard InChI is InChI=1S/C25H31NO4/c1-4-30-23-15-21-13-14-25(16-23,20-9-7-19(8-10-20)24(27)29-3)26(21)17-18-5-11-22(28-2)12-6-18/h5-12,21,23H,4,13-17H2,1-3H3/t21-,23+,25+/m1/s1. The highest BCUT2D eigenvalue weighted by Crippen LogP contribution is 2.52. The topological polar surface area (TPSA) is 48.0 Å². The van der Waals surface area contributed by atoms with Crippen molar-refractivity contribution in [3.63, 3.8) is 0 Å². The number of ether oxygens (including phenoxy) is 3. The molecule has 2 aromatic carbocycles. The minimum Gasteiger partial charge on any atom is -0.497 e. The van der Waals surface area contributed by atoms with Gasteiger partial charge in [-0.3, -0.25) is 4.90 Å². The summed E-state index contributed by atoms with van der Waals surface area (Å²) in [6.07, 6.45) is 4.60. The average molecular weight is 410 g/mol. The van der Waals surface area contributed by atoms with Gasteiger partial charge in [-0.1, -0.05) is 24.3 Å². The Morgan fingerprint density at radius 3 is 2.47 bits per heavy atom. The van der Waals surface area contributed by atoms with Gasteiger partial charge in [-0.05, 0) is 68.0 Å². The molecule has 2 saturated heterocycles. The molecule has 5 nitrogen and oxygen atoms in total. The lowest BCUT2D eigenvalue weighted by molar-refractivity contribution is -0.0593. The molecule has 2 bridgehead atoms. The van der Waals surface area contributed by atoms with E-state index in [4.69, 9.17) is 14.2 Å². The van der Waals surface area contributed by atoms with Crippen LogP contribution in [0.2, 0.25) is 0 Å². The van der Waals surface area contributed by atoms with Gasteiger partial charge >= 0.3 is 5.97 Å². The van der Waals surface area contributed by atoms with Gasteiger partial charge in [0.2, 0.25) is 0 Å². The van der Waals surface area contributed by atoms with Gasteiger partial charge < -0.3 is 14.2 Å². The van der Waals surface area contributed by atoms with E-state index in [1.165, 1.54) is 24.7 Å². The van der Waals surface area contributed by atoms with Gasteiger partial charge in [0.15, 0.2) is 0 Å². The van der Waals surface area contributed by atoms with Crippen molar-refractivity contribution in [2.75, 3.05) is 20.8 Å². The number of hydrogen-bond acceptors (Lipinski definition) is 5. The summed E-state index contributed by atoms with van der Waals surface area (Å²) < 4.78 is 16.3. The molecule has 2 aromatic rings. The van der Waals surface area contributed by atoms with Crippen LogP contribution in [0.1, 0.15) is 54.1 Å². The summed E-state index contributed by atoms with van der Waals surface area (Å²) in [6, 6.07) is 16.8. The molecule has 0 aromatic heterocycles. The first-order chi connectivity index (χ1) is 14.6. The summed E-state index contributed by atoms with van der Waals surface area (Å²) >= 11 is 0. The van der Waals surface area contributed by atoms with E-state index in [-0.39, 0.29) is 17.6 Å². The quantitative estimate of drug-likeness (QED) is 0.629. The largest absolute Gasteiger partial charge is 0.497 e. The fourth-order valence-corrected chi connectivity index (χ4v) is 5.32. The molecule has 0 spiro atoms. The summed E-state index contributed by atoms with van der Waals surface area (Å²) in [7, 11) is 3.11. The molecule has 30 heavy (non-hydrogen) atoms. The van der Waals surface area contributed by atoms with Crippen molar-refractivity contribution in [1.29, 1.82) is 0 Å². The lowest BCUT2D eigenvalue weighted by Gasteiger charge is -2.48. The van der Waals surface area contributed by atoms with Gasteiger partial charge in [-0.2, -0.15) is 0 Å². The molecule has 0 N–H and O–H groups in total. The molecule has 0 radical (unpaired) electrons. The number of carbonyl (C=O) groups excluding carboxylic acids is 1. The Balaban J connectivity index is 1.66. The number of piperidine rings is 1. The van der Waals surface area contributed by atoms with E-state index in [0.29, 0.717) is 11.6 Å². The molecule has 0 amide bonds. The maximum Gasteiger partial charge on any atom is 0.337 e. The first kappa shape index (κ1) is 20.9. The van der Waals surface area contributed by atoms with Crippen molar-refractivity contribution in [1.82, 2.24) is 4.90 Å². The molecule has 0 aliphatic carbocycles. The van der Waals surface area contributed by atoms with Crippen molar-refractivity contribution < 1.29 is 19.0 Å². The molecule has 0 unspecified atom stereocenters. The zero-order valence-electron chi connectivity index (χ0n) is 18.1. The van der Waals surface area contributed by atoms with Crippen LogP contribution < -0.4 is 4.74 Å². The van der Waals surface area contributed by atoms with Gasteiger partial charge in [0.25, 0.3) is 0 Å². The zero-order valence-corrected chi connectivity index (χ0v) is 18.1. The monoisotopic (exact) mass is 409 g/mol. The Kier molecular flexibility index (Phi) is 6.11. The third kappa shape index (κ3) is 3.84. The predicted molar refractivity (Wildman–Crippen MR) is 116 cm³/mol. The summed E-state index contributed by atoms with van der Waals surface area (Å²) in [4.78, 5) is 14.6. The molecule has 2 heterocycles. The number of rotatable bonds is 7. The van der Waals surface area contributed by atoms with E-state index >= 15 is 0 Å². The lowest BCUT2D eigenvalue weighted by Crippen LogP contribution is -2.52. The van der Waals surface area contributed by atoms with E-state index in [1.54, 1.807) is 7.11 Å². The molecule has 5 heteroatoms. The normalized spacial score (nSPS) is 25.8. The number of hydrogen-bond donors (Lipinski definition) is 0. The second-order valence-electron chi connectivity index (χ2n) is 8.29. The van der Waals surface area contributed by atoms with Crippen LogP contribution in [0.5, 0.6) is 5.75 Å². The van der Waals surface area contributed by atoms with Crippen LogP contribution in [-0.4, -0.2) is 43.8 Å². The zero-order chi connectivity index (χ0) is 21.1. The van der Waals surface area contributed by atoms with Gasteiger partial charge in [-0.25, -0.2) is 4.79 Å². The maximum absolute atomic E-state index is 11.9. The highest BCUT2D eigenvalue weighted by Gasteiger charge is 2.52.